The highest BCUT2D eigenvalue weighted by atomic mass is 16.5. The Balaban J connectivity index is 1.70. The fourth-order valence-electron chi connectivity index (χ4n) is 2.98. The second-order valence-corrected chi connectivity index (χ2v) is 6.21. The molecule has 1 atom stereocenters. The second kappa shape index (κ2) is 6.15. The SMILES string of the molecule is CNC(CN(CC1CC1)C1CC1)c1ccccc1OC. The Labute approximate surface area is 122 Å². The van der Waals surface area contributed by atoms with Gasteiger partial charge in [-0.05, 0) is 44.7 Å². The summed E-state index contributed by atoms with van der Waals surface area (Å²) < 4.78 is 5.52. The van der Waals surface area contributed by atoms with E-state index in [0.717, 1.165) is 24.3 Å². The van der Waals surface area contributed by atoms with Crippen molar-refractivity contribution in [2.45, 2.75) is 37.8 Å². The van der Waals surface area contributed by atoms with Gasteiger partial charge >= 0.3 is 0 Å². The monoisotopic (exact) mass is 274 g/mol. The molecule has 0 aliphatic heterocycles. The molecule has 3 nitrogen and oxygen atoms in total. The smallest absolute Gasteiger partial charge is 0.123 e. The van der Waals surface area contributed by atoms with Crippen LogP contribution in [0, 0.1) is 5.92 Å². The molecule has 3 heteroatoms. The molecule has 2 fully saturated rings. The Morgan fingerprint density at radius 1 is 1.25 bits per heavy atom. The molecule has 2 aliphatic rings. The summed E-state index contributed by atoms with van der Waals surface area (Å²) in [4.78, 5) is 2.70. The van der Waals surface area contributed by atoms with Gasteiger partial charge in [0.25, 0.3) is 0 Å². The van der Waals surface area contributed by atoms with Gasteiger partial charge in [0.15, 0.2) is 0 Å². The minimum Gasteiger partial charge on any atom is -0.496 e. The third kappa shape index (κ3) is 3.33. The zero-order valence-corrected chi connectivity index (χ0v) is 12.6. The van der Waals surface area contributed by atoms with Gasteiger partial charge in [-0.3, -0.25) is 4.90 Å². The summed E-state index contributed by atoms with van der Waals surface area (Å²) in [5.74, 6) is 1.96. The van der Waals surface area contributed by atoms with E-state index in [2.05, 4.69) is 35.5 Å². The first kappa shape index (κ1) is 13.9. The number of nitrogens with zero attached hydrogens (tertiary/aromatic N) is 1. The normalized spacial score (nSPS) is 20.1. The Morgan fingerprint density at radius 3 is 2.60 bits per heavy atom. The maximum Gasteiger partial charge on any atom is 0.123 e. The minimum atomic E-state index is 0.352. The molecule has 1 N–H and O–H groups in total. The van der Waals surface area contributed by atoms with Gasteiger partial charge < -0.3 is 10.1 Å². The van der Waals surface area contributed by atoms with Crippen LogP contribution in [-0.4, -0.2) is 38.2 Å². The van der Waals surface area contributed by atoms with E-state index in [1.165, 1.54) is 37.8 Å². The number of likely N-dealkylation sites (N-methyl/N-ethyl adjacent to an activating group) is 1. The number of para-hydroxylation sites is 1. The Bertz CT molecular complexity index is 440. The van der Waals surface area contributed by atoms with Crippen LogP contribution in [0.3, 0.4) is 0 Å². The van der Waals surface area contributed by atoms with Crippen molar-refractivity contribution in [3.63, 3.8) is 0 Å². The quantitative estimate of drug-likeness (QED) is 0.789. The van der Waals surface area contributed by atoms with Crippen LogP contribution in [0.1, 0.15) is 37.3 Å². The van der Waals surface area contributed by atoms with Gasteiger partial charge in [-0.15, -0.1) is 0 Å². The molecule has 0 radical (unpaired) electrons. The highest BCUT2D eigenvalue weighted by molar-refractivity contribution is 5.36. The predicted octanol–water partition coefficient (Wildman–Crippen LogP) is 2.83. The fraction of sp³-hybridized carbons (Fsp3) is 0.647. The summed E-state index contributed by atoms with van der Waals surface area (Å²) in [5, 5.41) is 3.48. The van der Waals surface area contributed by atoms with E-state index in [0.29, 0.717) is 6.04 Å². The first-order valence-corrected chi connectivity index (χ1v) is 7.86. The minimum absolute atomic E-state index is 0.352. The summed E-state index contributed by atoms with van der Waals surface area (Å²) in [6, 6.07) is 9.57. The maximum absolute atomic E-state index is 5.52. The standard InChI is InChI=1S/C17H26N2O/c1-18-16(15-5-3-4-6-17(15)20-2)12-19(14-9-10-14)11-13-7-8-13/h3-6,13-14,16,18H,7-12H2,1-2H3. The van der Waals surface area contributed by atoms with Crippen LogP contribution in [-0.2, 0) is 0 Å². The molecule has 0 saturated heterocycles. The number of nitrogens with one attached hydrogen (secondary N) is 1. The van der Waals surface area contributed by atoms with Crippen molar-refractivity contribution < 1.29 is 4.74 Å². The molecular weight excluding hydrogens is 248 g/mol. The lowest BCUT2D eigenvalue weighted by molar-refractivity contribution is 0.225. The molecule has 1 unspecified atom stereocenters. The number of rotatable bonds is 8. The highest BCUT2D eigenvalue weighted by Crippen LogP contribution is 2.36. The maximum atomic E-state index is 5.52. The van der Waals surface area contributed by atoms with Crippen molar-refractivity contribution >= 4 is 0 Å². The highest BCUT2D eigenvalue weighted by Gasteiger charge is 2.35. The Hall–Kier alpha value is -1.06. The molecule has 1 aromatic carbocycles. The van der Waals surface area contributed by atoms with Crippen LogP contribution >= 0.6 is 0 Å². The van der Waals surface area contributed by atoms with E-state index in [1.54, 1.807) is 7.11 Å². The zero-order chi connectivity index (χ0) is 13.9. The predicted molar refractivity (Wildman–Crippen MR) is 82.1 cm³/mol. The summed E-state index contributed by atoms with van der Waals surface area (Å²) in [6.07, 6.45) is 5.63. The summed E-state index contributed by atoms with van der Waals surface area (Å²) >= 11 is 0. The lowest BCUT2D eigenvalue weighted by Crippen LogP contribution is -2.36. The number of hydrogen-bond acceptors (Lipinski definition) is 3. The molecule has 1 aromatic rings. The van der Waals surface area contributed by atoms with Gasteiger partial charge in [-0.25, -0.2) is 0 Å². The average Bonchev–Trinajstić information content (AvgIpc) is 3.36. The van der Waals surface area contributed by atoms with Crippen LogP contribution in [0.2, 0.25) is 0 Å². The van der Waals surface area contributed by atoms with Crippen molar-refractivity contribution in [2.24, 2.45) is 5.92 Å². The van der Waals surface area contributed by atoms with Gasteiger partial charge in [-0.1, -0.05) is 18.2 Å². The molecular formula is C17H26N2O. The molecule has 0 amide bonds. The van der Waals surface area contributed by atoms with E-state index in [-0.39, 0.29) is 0 Å². The fourth-order valence-corrected chi connectivity index (χ4v) is 2.98. The lowest BCUT2D eigenvalue weighted by atomic mass is 10.0. The summed E-state index contributed by atoms with van der Waals surface area (Å²) in [6.45, 7) is 2.38. The van der Waals surface area contributed by atoms with Crippen molar-refractivity contribution in [1.29, 1.82) is 0 Å². The Kier molecular flexibility index (Phi) is 4.27. The molecule has 2 aliphatic carbocycles. The van der Waals surface area contributed by atoms with E-state index >= 15 is 0 Å². The van der Waals surface area contributed by atoms with Crippen molar-refractivity contribution in [2.75, 3.05) is 27.2 Å². The first-order chi connectivity index (χ1) is 9.81. The van der Waals surface area contributed by atoms with Crippen LogP contribution < -0.4 is 10.1 Å². The van der Waals surface area contributed by atoms with Gasteiger partial charge in [0.05, 0.1) is 7.11 Å². The number of ether oxygens (including phenoxy) is 1. The van der Waals surface area contributed by atoms with E-state index in [9.17, 15) is 0 Å². The van der Waals surface area contributed by atoms with Gasteiger partial charge in [0.2, 0.25) is 0 Å². The molecule has 2 saturated carbocycles. The second-order valence-electron chi connectivity index (χ2n) is 6.21. The third-order valence-electron chi connectivity index (χ3n) is 4.53. The number of benzene rings is 1. The molecule has 20 heavy (non-hydrogen) atoms. The van der Waals surface area contributed by atoms with Gasteiger partial charge in [0, 0.05) is 30.7 Å². The largest absolute Gasteiger partial charge is 0.496 e. The van der Waals surface area contributed by atoms with Gasteiger partial charge in [0.1, 0.15) is 5.75 Å². The molecule has 0 aromatic heterocycles. The first-order valence-electron chi connectivity index (χ1n) is 7.86. The summed E-state index contributed by atoms with van der Waals surface area (Å²) in [7, 11) is 3.81. The molecule has 3 rings (SSSR count). The van der Waals surface area contributed by atoms with Crippen LogP contribution in [0.5, 0.6) is 5.75 Å². The molecule has 0 bridgehead atoms. The van der Waals surface area contributed by atoms with Crippen molar-refractivity contribution in [3.8, 4) is 5.75 Å². The lowest BCUT2D eigenvalue weighted by Gasteiger charge is -2.28. The topological polar surface area (TPSA) is 24.5 Å². The zero-order valence-electron chi connectivity index (χ0n) is 12.6. The number of hydrogen-bond donors (Lipinski definition) is 1. The van der Waals surface area contributed by atoms with Gasteiger partial charge in [-0.2, -0.15) is 0 Å². The van der Waals surface area contributed by atoms with Crippen LogP contribution in [0.15, 0.2) is 24.3 Å². The molecule has 110 valence electrons. The van der Waals surface area contributed by atoms with Crippen molar-refractivity contribution in [1.82, 2.24) is 10.2 Å². The van der Waals surface area contributed by atoms with E-state index in [1.807, 2.05) is 6.07 Å². The van der Waals surface area contributed by atoms with Crippen LogP contribution in [0.4, 0.5) is 0 Å². The average molecular weight is 274 g/mol. The van der Waals surface area contributed by atoms with Crippen LogP contribution in [0.25, 0.3) is 0 Å². The third-order valence-corrected chi connectivity index (χ3v) is 4.53. The van der Waals surface area contributed by atoms with E-state index < -0.39 is 0 Å². The summed E-state index contributed by atoms with van der Waals surface area (Å²) in [5.41, 5.74) is 1.28. The molecule has 0 spiro atoms. The molecule has 0 heterocycles. The van der Waals surface area contributed by atoms with Crippen molar-refractivity contribution in [3.05, 3.63) is 29.8 Å². The number of methoxy groups -OCH3 is 1. The van der Waals surface area contributed by atoms with E-state index in [4.69, 9.17) is 4.74 Å². The Morgan fingerprint density at radius 2 is 2.00 bits per heavy atom.